The van der Waals surface area contributed by atoms with Crippen molar-refractivity contribution in [3.8, 4) is 0 Å². The zero-order valence-corrected chi connectivity index (χ0v) is 10.4. The first-order chi connectivity index (χ1) is 6.59. The third kappa shape index (κ3) is 5.16. The molecule has 3 nitrogen and oxygen atoms in total. The molecule has 0 saturated carbocycles. The van der Waals surface area contributed by atoms with Crippen LogP contribution in [0.25, 0.3) is 0 Å². The maximum absolute atomic E-state index is 10.4. The van der Waals surface area contributed by atoms with Crippen LogP contribution in [0.3, 0.4) is 0 Å². The van der Waals surface area contributed by atoms with Crippen LogP contribution in [0.4, 0.5) is 0 Å². The highest BCUT2D eigenvalue weighted by atomic mass is 79.9. The maximum Gasteiger partial charge on any atom is 0.304 e. The Morgan fingerprint density at radius 3 is 2.60 bits per heavy atom. The minimum Gasteiger partial charge on any atom is -0.481 e. The number of carboxylic acid groups (broad SMARTS) is 1. The van der Waals surface area contributed by atoms with Crippen LogP contribution in [0.2, 0.25) is 0 Å². The monoisotopic (exact) mass is 293 g/mol. The molecule has 1 atom stereocenters. The zero-order chi connectivity index (χ0) is 10.6. The van der Waals surface area contributed by atoms with Crippen molar-refractivity contribution in [1.82, 2.24) is 0 Å². The first-order valence-corrected chi connectivity index (χ1v) is 5.09. The van der Waals surface area contributed by atoms with Crippen LogP contribution in [0.15, 0.2) is 28.7 Å². The van der Waals surface area contributed by atoms with E-state index in [2.05, 4.69) is 15.9 Å². The summed E-state index contributed by atoms with van der Waals surface area (Å²) in [4.78, 5) is 10.4. The highest BCUT2D eigenvalue weighted by Gasteiger charge is 2.10. The Bertz CT molecular complexity index is 333. The molecule has 0 aromatic heterocycles. The molecule has 0 aliphatic carbocycles. The van der Waals surface area contributed by atoms with Crippen molar-refractivity contribution >= 4 is 34.3 Å². The first kappa shape index (κ1) is 14.4. The summed E-state index contributed by atoms with van der Waals surface area (Å²) < 4.78 is 0.973. The number of carbonyl (C=O) groups is 1. The molecule has 1 rings (SSSR count). The van der Waals surface area contributed by atoms with Gasteiger partial charge < -0.3 is 10.8 Å². The Kier molecular flexibility index (Phi) is 6.56. The van der Waals surface area contributed by atoms with E-state index in [1.165, 1.54) is 0 Å². The number of hydrogen-bond acceptors (Lipinski definition) is 2. The fourth-order valence-electron chi connectivity index (χ4n) is 1.24. The molecule has 0 unspecified atom stereocenters. The highest BCUT2D eigenvalue weighted by molar-refractivity contribution is 9.10. The van der Waals surface area contributed by atoms with Gasteiger partial charge in [-0.15, -0.1) is 12.4 Å². The average Bonchev–Trinajstić information content (AvgIpc) is 2.07. The lowest BCUT2D eigenvalue weighted by Gasteiger charge is -2.09. The van der Waals surface area contributed by atoms with Gasteiger partial charge in [-0.25, -0.2) is 0 Å². The van der Waals surface area contributed by atoms with Crippen molar-refractivity contribution in [1.29, 1.82) is 0 Å². The van der Waals surface area contributed by atoms with E-state index in [-0.39, 0.29) is 24.9 Å². The lowest BCUT2D eigenvalue weighted by atomic mass is 10.0. The zero-order valence-electron chi connectivity index (χ0n) is 8.02. The van der Waals surface area contributed by atoms with Gasteiger partial charge in [0, 0.05) is 10.5 Å². The van der Waals surface area contributed by atoms with Gasteiger partial charge in [-0.1, -0.05) is 34.1 Å². The summed E-state index contributed by atoms with van der Waals surface area (Å²) in [6.07, 6.45) is 0.578. The van der Waals surface area contributed by atoms with E-state index in [1.54, 1.807) is 0 Å². The molecule has 0 aliphatic rings. The SMILES string of the molecule is Cl.N[C@H](CC(=O)O)Cc1ccccc1Br. The van der Waals surface area contributed by atoms with Crippen LogP contribution in [0.5, 0.6) is 0 Å². The fraction of sp³-hybridized carbons (Fsp3) is 0.300. The van der Waals surface area contributed by atoms with Crippen molar-refractivity contribution in [2.45, 2.75) is 18.9 Å². The maximum atomic E-state index is 10.4. The summed E-state index contributed by atoms with van der Waals surface area (Å²) in [5.41, 5.74) is 6.72. The van der Waals surface area contributed by atoms with Gasteiger partial charge >= 0.3 is 5.97 Å². The molecule has 5 heteroatoms. The molecule has 0 heterocycles. The molecule has 84 valence electrons. The quantitative estimate of drug-likeness (QED) is 0.895. The molecule has 0 radical (unpaired) electrons. The lowest BCUT2D eigenvalue weighted by molar-refractivity contribution is -0.137. The van der Waals surface area contributed by atoms with E-state index in [9.17, 15) is 4.79 Å². The van der Waals surface area contributed by atoms with E-state index in [0.717, 1.165) is 10.0 Å². The molecule has 3 N–H and O–H groups in total. The molecule has 0 fully saturated rings. The second kappa shape index (κ2) is 6.82. The predicted molar refractivity (Wildman–Crippen MR) is 65.3 cm³/mol. The fourth-order valence-corrected chi connectivity index (χ4v) is 1.69. The summed E-state index contributed by atoms with van der Waals surface area (Å²) in [5, 5.41) is 8.54. The van der Waals surface area contributed by atoms with Gasteiger partial charge in [0.2, 0.25) is 0 Å². The molecule has 15 heavy (non-hydrogen) atoms. The van der Waals surface area contributed by atoms with Gasteiger partial charge in [0.15, 0.2) is 0 Å². The van der Waals surface area contributed by atoms with Gasteiger partial charge in [-0.3, -0.25) is 4.79 Å². The molecule has 0 amide bonds. The third-order valence-electron chi connectivity index (χ3n) is 1.88. The minimum atomic E-state index is -0.857. The van der Waals surface area contributed by atoms with Crippen molar-refractivity contribution in [3.63, 3.8) is 0 Å². The summed E-state index contributed by atoms with van der Waals surface area (Å²) >= 11 is 3.39. The molecule has 0 bridgehead atoms. The number of carboxylic acids is 1. The topological polar surface area (TPSA) is 63.3 Å². The molecular formula is C10H13BrClNO2. The van der Waals surface area contributed by atoms with E-state index in [4.69, 9.17) is 10.8 Å². The Balaban J connectivity index is 0.00000196. The van der Waals surface area contributed by atoms with Crippen LogP contribution >= 0.6 is 28.3 Å². The average molecular weight is 295 g/mol. The molecule has 0 aliphatic heterocycles. The summed E-state index contributed by atoms with van der Waals surface area (Å²) in [5.74, 6) is -0.857. The highest BCUT2D eigenvalue weighted by Crippen LogP contribution is 2.17. The van der Waals surface area contributed by atoms with Crippen molar-refractivity contribution in [2.24, 2.45) is 5.73 Å². The molecule has 0 spiro atoms. The predicted octanol–water partition coefficient (Wildman–Crippen LogP) is 2.22. The summed E-state index contributed by atoms with van der Waals surface area (Å²) in [6, 6.07) is 7.35. The van der Waals surface area contributed by atoms with E-state index < -0.39 is 5.97 Å². The number of halogens is 2. The largest absolute Gasteiger partial charge is 0.481 e. The van der Waals surface area contributed by atoms with Crippen LogP contribution in [-0.2, 0) is 11.2 Å². The van der Waals surface area contributed by atoms with Gasteiger partial charge in [0.05, 0.1) is 6.42 Å². The Morgan fingerprint density at radius 2 is 2.07 bits per heavy atom. The van der Waals surface area contributed by atoms with E-state index in [0.29, 0.717) is 6.42 Å². The van der Waals surface area contributed by atoms with Crippen LogP contribution in [0.1, 0.15) is 12.0 Å². The first-order valence-electron chi connectivity index (χ1n) is 4.30. The number of aliphatic carboxylic acids is 1. The normalized spacial score (nSPS) is 11.6. The van der Waals surface area contributed by atoms with Crippen LogP contribution < -0.4 is 5.73 Å². The number of benzene rings is 1. The standard InChI is InChI=1S/C10H12BrNO2.ClH/c11-9-4-2-1-3-7(9)5-8(12)6-10(13)14;/h1-4,8H,5-6,12H2,(H,13,14);1H/t8-;/m0./s1. The van der Waals surface area contributed by atoms with Crippen molar-refractivity contribution < 1.29 is 9.90 Å². The van der Waals surface area contributed by atoms with Gasteiger partial charge in [0.25, 0.3) is 0 Å². The number of hydrogen-bond donors (Lipinski definition) is 2. The van der Waals surface area contributed by atoms with Gasteiger partial charge in [0.1, 0.15) is 0 Å². The molecule has 1 aromatic rings. The van der Waals surface area contributed by atoms with Crippen molar-refractivity contribution in [2.75, 3.05) is 0 Å². The van der Waals surface area contributed by atoms with Crippen LogP contribution in [0, 0.1) is 0 Å². The lowest BCUT2D eigenvalue weighted by Crippen LogP contribution is -2.26. The Labute approximate surface area is 103 Å². The second-order valence-electron chi connectivity index (χ2n) is 3.15. The summed E-state index contributed by atoms with van der Waals surface area (Å²) in [7, 11) is 0. The molecular weight excluding hydrogens is 281 g/mol. The Hall–Kier alpha value is -0.580. The third-order valence-corrected chi connectivity index (χ3v) is 2.65. The molecule has 1 aromatic carbocycles. The van der Waals surface area contributed by atoms with E-state index >= 15 is 0 Å². The number of nitrogens with two attached hydrogens (primary N) is 1. The number of rotatable bonds is 4. The summed E-state index contributed by atoms with van der Waals surface area (Å²) in [6.45, 7) is 0. The van der Waals surface area contributed by atoms with Gasteiger partial charge in [-0.2, -0.15) is 0 Å². The smallest absolute Gasteiger partial charge is 0.304 e. The Morgan fingerprint density at radius 1 is 1.47 bits per heavy atom. The van der Waals surface area contributed by atoms with E-state index in [1.807, 2.05) is 24.3 Å². The van der Waals surface area contributed by atoms with Gasteiger partial charge in [-0.05, 0) is 18.1 Å². The van der Waals surface area contributed by atoms with Crippen LogP contribution in [-0.4, -0.2) is 17.1 Å². The molecule has 0 saturated heterocycles. The van der Waals surface area contributed by atoms with Crippen molar-refractivity contribution in [3.05, 3.63) is 34.3 Å². The minimum absolute atomic E-state index is 0. The second-order valence-corrected chi connectivity index (χ2v) is 4.01.